The number of carbonyl (C=O) groups excluding carboxylic acids is 2. The Morgan fingerprint density at radius 3 is 2.86 bits per heavy atom. The molecule has 3 heterocycles. The summed E-state index contributed by atoms with van der Waals surface area (Å²) in [5.41, 5.74) is -0.501. The number of nitrogens with zero attached hydrogens (tertiary/aromatic N) is 2. The fourth-order valence-corrected chi connectivity index (χ4v) is 3.64. The monoisotopic (exact) mass is 326 g/mol. The number of halogens is 1. The van der Waals surface area contributed by atoms with Gasteiger partial charge >= 0.3 is 0 Å². The number of amides is 2. The second kappa shape index (κ2) is 5.93. The summed E-state index contributed by atoms with van der Waals surface area (Å²) in [6, 6.07) is 3.09. The van der Waals surface area contributed by atoms with Crippen molar-refractivity contribution in [3.8, 4) is 0 Å². The summed E-state index contributed by atoms with van der Waals surface area (Å²) in [5.74, 6) is 0.0361. The molecule has 0 aromatic carbocycles. The van der Waals surface area contributed by atoms with Crippen LogP contribution in [0.25, 0.3) is 0 Å². The normalized spacial score (nSPS) is 25.3. The maximum atomic E-state index is 12.7. The van der Waals surface area contributed by atoms with Crippen LogP contribution in [0, 0.1) is 5.41 Å². The van der Waals surface area contributed by atoms with Gasteiger partial charge in [-0.2, -0.15) is 0 Å². The first kappa shape index (κ1) is 15.4. The van der Waals surface area contributed by atoms with Crippen LogP contribution in [0.5, 0.6) is 0 Å². The van der Waals surface area contributed by atoms with E-state index in [0.29, 0.717) is 32.6 Å². The smallest absolute Gasteiger partial charge is 0.289 e. The molecule has 1 spiro atoms. The number of hydrogen-bond acceptors (Lipinski definition) is 4. The molecule has 2 fully saturated rings. The highest BCUT2D eigenvalue weighted by atomic mass is 35.5. The van der Waals surface area contributed by atoms with Gasteiger partial charge in [0.1, 0.15) is 0 Å². The number of carbonyl (C=O) groups is 2. The quantitative estimate of drug-likeness (QED) is 0.910. The fraction of sp³-hybridized carbons (Fsp3) is 0.600. The maximum Gasteiger partial charge on any atom is 0.289 e. The second-order valence-corrected chi connectivity index (χ2v) is 6.35. The Bertz CT molecular complexity index is 586. The van der Waals surface area contributed by atoms with Crippen LogP contribution in [0.2, 0.25) is 5.22 Å². The van der Waals surface area contributed by atoms with Crippen LogP contribution in [-0.4, -0.2) is 59.5 Å². The molecule has 0 aliphatic carbocycles. The van der Waals surface area contributed by atoms with Gasteiger partial charge < -0.3 is 19.3 Å². The SMILES string of the molecule is O=C(c1ccc(Cl)o1)N1CC[C@@]2(CCCN(CCO)C2=O)C1. The van der Waals surface area contributed by atoms with E-state index in [4.69, 9.17) is 21.1 Å². The van der Waals surface area contributed by atoms with E-state index in [0.717, 1.165) is 12.8 Å². The number of β-amino-alcohol motifs (C(OH)–C–C–N with tert-alkyl or cyclic N) is 1. The van der Waals surface area contributed by atoms with Crippen LogP contribution < -0.4 is 0 Å². The highest BCUT2D eigenvalue weighted by Crippen LogP contribution is 2.40. The predicted octanol–water partition coefficient (Wildman–Crippen LogP) is 1.38. The van der Waals surface area contributed by atoms with Gasteiger partial charge in [0.25, 0.3) is 5.91 Å². The van der Waals surface area contributed by atoms with Crippen molar-refractivity contribution in [3.05, 3.63) is 23.1 Å². The number of aliphatic hydroxyl groups excluding tert-OH is 1. The molecule has 3 rings (SSSR count). The predicted molar refractivity (Wildman–Crippen MR) is 79.6 cm³/mol. The van der Waals surface area contributed by atoms with Crippen molar-refractivity contribution in [2.75, 3.05) is 32.8 Å². The number of furan rings is 1. The van der Waals surface area contributed by atoms with Gasteiger partial charge in [-0.25, -0.2) is 0 Å². The molecule has 0 unspecified atom stereocenters. The van der Waals surface area contributed by atoms with Gasteiger partial charge in [0.15, 0.2) is 11.0 Å². The fourth-order valence-electron chi connectivity index (χ4n) is 3.50. The topological polar surface area (TPSA) is 74.0 Å². The van der Waals surface area contributed by atoms with Crippen molar-refractivity contribution in [1.82, 2.24) is 9.80 Å². The Labute approximate surface area is 133 Å². The first-order chi connectivity index (χ1) is 10.6. The van der Waals surface area contributed by atoms with Gasteiger partial charge in [-0.3, -0.25) is 9.59 Å². The Kier molecular flexibility index (Phi) is 4.14. The molecule has 2 aliphatic heterocycles. The molecular weight excluding hydrogens is 308 g/mol. The average molecular weight is 327 g/mol. The lowest BCUT2D eigenvalue weighted by molar-refractivity contribution is -0.146. The number of likely N-dealkylation sites (tertiary alicyclic amines) is 2. The van der Waals surface area contributed by atoms with Gasteiger partial charge in [0, 0.05) is 26.2 Å². The minimum Gasteiger partial charge on any atom is -0.440 e. The molecule has 2 aliphatic rings. The highest BCUT2D eigenvalue weighted by Gasteiger charge is 2.49. The van der Waals surface area contributed by atoms with Crippen LogP contribution in [0.15, 0.2) is 16.5 Å². The molecule has 1 atom stereocenters. The van der Waals surface area contributed by atoms with Crippen molar-refractivity contribution < 1.29 is 19.1 Å². The van der Waals surface area contributed by atoms with Crippen LogP contribution in [0.3, 0.4) is 0 Å². The van der Waals surface area contributed by atoms with E-state index in [1.807, 2.05) is 0 Å². The molecule has 1 aromatic heterocycles. The third kappa shape index (κ3) is 2.61. The van der Waals surface area contributed by atoms with Crippen LogP contribution >= 0.6 is 11.6 Å². The molecule has 6 nitrogen and oxygen atoms in total. The molecule has 1 N–H and O–H groups in total. The molecule has 0 radical (unpaired) electrons. The molecule has 120 valence electrons. The lowest BCUT2D eigenvalue weighted by Crippen LogP contribution is -2.51. The van der Waals surface area contributed by atoms with Crippen molar-refractivity contribution in [3.63, 3.8) is 0 Å². The summed E-state index contributed by atoms with van der Waals surface area (Å²) < 4.78 is 5.17. The van der Waals surface area contributed by atoms with Crippen LogP contribution in [0.4, 0.5) is 0 Å². The van der Waals surface area contributed by atoms with Crippen LogP contribution in [-0.2, 0) is 4.79 Å². The summed E-state index contributed by atoms with van der Waals surface area (Å²) >= 11 is 5.71. The second-order valence-electron chi connectivity index (χ2n) is 5.98. The van der Waals surface area contributed by atoms with E-state index in [1.165, 1.54) is 6.07 Å². The average Bonchev–Trinajstić information content (AvgIpc) is 3.11. The van der Waals surface area contributed by atoms with Crippen molar-refractivity contribution in [2.24, 2.45) is 5.41 Å². The highest BCUT2D eigenvalue weighted by molar-refractivity contribution is 6.29. The number of hydrogen-bond donors (Lipinski definition) is 1. The maximum absolute atomic E-state index is 12.7. The summed E-state index contributed by atoms with van der Waals surface area (Å²) in [7, 11) is 0. The summed E-state index contributed by atoms with van der Waals surface area (Å²) in [6.45, 7) is 1.96. The Balaban J connectivity index is 1.73. The lowest BCUT2D eigenvalue weighted by atomic mass is 9.78. The van der Waals surface area contributed by atoms with E-state index in [9.17, 15) is 9.59 Å². The number of rotatable bonds is 3. The van der Waals surface area contributed by atoms with E-state index < -0.39 is 5.41 Å². The number of aliphatic hydroxyl groups is 1. The summed E-state index contributed by atoms with van der Waals surface area (Å²) in [6.07, 6.45) is 2.35. The third-order valence-corrected chi connectivity index (χ3v) is 4.82. The van der Waals surface area contributed by atoms with E-state index >= 15 is 0 Å². The van der Waals surface area contributed by atoms with Crippen molar-refractivity contribution in [2.45, 2.75) is 19.3 Å². The number of piperidine rings is 1. The first-order valence-corrected chi connectivity index (χ1v) is 7.88. The third-order valence-electron chi connectivity index (χ3n) is 4.62. The molecule has 1 aromatic rings. The molecule has 0 saturated carbocycles. The van der Waals surface area contributed by atoms with E-state index in [2.05, 4.69) is 0 Å². The van der Waals surface area contributed by atoms with Crippen LogP contribution in [0.1, 0.15) is 29.8 Å². The Morgan fingerprint density at radius 1 is 1.36 bits per heavy atom. The molecule has 0 bridgehead atoms. The van der Waals surface area contributed by atoms with Gasteiger partial charge in [-0.1, -0.05) is 0 Å². The van der Waals surface area contributed by atoms with Gasteiger partial charge in [0.05, 0.1) is 12.0 Å². The Hall–Kier alpha value is -1.53. The molecule has 22 heavy (non-hydrogen) atoms. The van der Waals surface area contributed by atoms with Gasteiger partial charge in [-0.15, -0.1) is 0 Å². The van der Waals surface area contributed by atoms with Crippen molar-refractivity contribution in [1.29, 1.82) is 0 Å². The summed E-state index contributed by atoms with van der Waals surface area (Å²) in [4.78, 5) is 28.5. The van der Waals surface area contributed by atoms with Gasteiger partial charge in [-0.05, 0) is 43.0 Å². The summed E-state index contributed by atoms with van der Waals surface area (Å²) in [5, 5.41) is 9.26. The van der Waals surface area contributed by atoms with Crippen molar-refractivity contribution >= 4 is 23.4 Å². The Morgan fingerprint density at radius 2 is 2.18 bits per heavy atom. The molecule has 2 saturated heterocycles. The molecular formula is C15H19ClN2O4. The standard InChI is InChI=1S/C15H19ClN2O4/c16-12-3-2-11(22-12)13(20)18-7-5-15(10-18)4-1-6-17(8-9-19)14(15)21/h2-3,19H,1,4-10H2/t15-/m0/s1. The minimum atomic E-state index is -0.501. The largest absolute Gasteiger partial charge is 0.440 e. The zero-order valence-electron chi connectivity index (χ0n) is 12.3. The van der Waals surface area contributed by atoms with E-state index in [1.54, 1.807) is 15.9 Å². The van der Waals surface area contributed by atoms with Gasteiger partial charge in [0.2, 0.25) is 5.91 Å². The zero-order valence-corrected chi connectivity index (χ0v) is 13.0. The van der Waals surface area contributed by atoms with E-state index in [-0.39, 0.29) is 29.4 Å². The molecule has 7 heteroatoms. The molecule has 2 amide bonds. The lowest BCUT2D eigenvalue weighted by Gasteiger charge is -2.39. The minimum absolute atomic E-state index is 0.0324. The zero-order chi connectivity index (χ0) is 15.7. The first-order valence-electron chi connectivity index (χ1n) is 7.51.